The van der Waals surface area contributed by atoms with Crippen LogP contribution in [0.2, 0.25) is 0 Å². The Morgan fingerprint density at radius 3 is 2.47 bits per heavy atom. The highest BCUT2D eigenvalue weighted by atomic mass is 16.1. The number of nitrogens with one attached hydrogen (secondary N) is 1. The molecule has 0 saturated heterocycles. The van der Waals surface area contributed by atoms with Gasteiger partial charge in [0.05, 0.1) is 6.42 Å². The number of carbonyl (C=O) groups is 1. The lowest BCUT2D eigenvalue weighted by Crippen LogP contribution is -2.43. The minimum Gasteiger partial charge on any atom is -0.351 e. The first-order valence-corrected chi connectivity index (χ1v) is 6.21. The molecule has 1 N–H and O–H groups in total. The molecule has 0 aliphatic rings. The SMILES string of the molecule is CCC(C)(C)NC(=O)Cc1ccc(C)cc1C. The number of hydrogen-bond acceptors (Lipinski definition) is 1. The van der Waals surface area contributed by atoms with Gasteiger partial charge in [0.2, 0.25) is 5.91 Å². The quantitative estimate of drug-likeness (QED) is 0.850. The van der Waals surface area contributed by atoms with Crippen LogP contribution in [0.3, 0.4) is 0 Å². The van der Waals surface area contributed by atoms with Gasteiger partial charge in [-0.1, -0.05) is 30.7 Å². The molecular weight excluding hydrogens is 210 g/mol. The monoisotopic (exact) mass is 233 g/mol. The molecular formula is C15H23NO. The van der Waals surface area contributed by atoms with E-state index >= 15 is 0 Å². The molecule has 2 heteroatoms. The van der Waals surface area contributed by atoms with Crippen LogP contribution in [0, 0.1) is 13.8 Å². The maximum absolute atomic E-state index is 11.9. The highest BCUT2D eigenvalue weighted by Gasteiger charge is 2.18. The zero-order valence-electron chi connectivity index (χ0n) is 11.6. The summed E-state index contributed by atoms with van der Waals surface area (Å²) >= 11 is 0. The van der Waals surface area contributed by atoms with Gasteiger partial charge >= 0.3 is 0 Å². The predicted molar refractivity (Wildman–Crippen MR) is 72.1 cm³/mol. The molecule has 0 atom stereocenters. The summed E-state index contributed by atoms with van der Waals surface area (Å²) in [4.78, 5) is 11.9. The highest BCUT2D eigenvalue weighted by Crippen LogP contribution is 2.12. The van der Waals surface area contributed by atoms with Crippen LogP contribution in [0.15, 0.2) is 18.2 Å². The Kier molecular flexibility index (Phi) is 4.33. The van der Waals surface area contributed by atoms with Gasteiger partial charge in [-0.25, -0.2) is 0 Å². The van der Waals surface area contributed by atoms with Gasteiger partial charge in [-0.05, 0) is 45.2 Å². The van der Waals surface area contributed by atoms with Crippen LogP contribution in [0.25, 0.3) is 0 Å². The molecule has 0 aromatic heterocycles. The van der Waals surface area contributed by atoms with Crippen LogP contribution in [0.5, 0.6) is 0 Å². The zero-order valence-corrected chi connectivity index (χ0v) is 11.6. The first-order chi connectivity index (χ1) is 7.84. The number of aryl methyl sites for hydroxylation is 2. The number of carbonyl (C=O) groups excluding carboxylic acids is 1. The van der Waals surface area contributed by atoms with Crippen molar-refractivity contribution in [3.63, 3.8) is 0 Å². The van der Waals surface area contributed by atoms with E-state index in [-0.39, 0.29) is 11.4 Å². The molecule has 0 fully saturated rings. The van der Waals surface area contributed by atoms with Crippen LogP contribution in [0.1, 0.15) is 43.9 Å². The molecule has 0 bridgehead atoms. The zero-order chi connectivity index (χ0) is 13.1. The smallest absolute Gasteiger partial charge is 0.224 e. The molecule has 94 valence electrons. The third-order valence-electron chi connectivity index (χ3n) is 3.21. The number of hydrogen-bond donors (Lipinski definition) is 1. The molecule has 1 aromatic rings. The minimum absolute atomic E-state index is 0.101. The molecule has 0 aliphatic carbocycles. The fourth-order valence-corrected chi connectivity index (χ4v) is 1.73. The largest absolute Gasteiger partial charge is 0.351 e. The van der Waals surface area contributed by atoms with E-state index in [2.05, 4.69) is 38.2 Å². The first-order valence-electron chi connectivity index (χ1n) is 6.21. The summed E-state index contributed by atoms with van der Waals surface area (Å²) < 4.78 is 0. The van der Waals surface area contributed by atoms with Crippen molar-refractivity contribution in [3.05, 3.63) is 34.9 Å². The van der Waals surface area contributed by atoms with E-state index in [9.17, 15) is 4.79 Å². The highest BCUT2D eigenvalue weighted by molar-refractivity contribution is 5.79. The molecule has 0 spiro atoms. The van der Waals surface area contributed by atoms with Gasteiger partial charge in [-0.15, -0.1) is 0 Å². The van der Waals surface area contributed by atoms with Crippen LogP contribution >= 0.6 is 0 Å². The Labute approximate surface area is 104 Å². The van der Waals surface area contributed by atoms with Gasteiger partial charge in [-0.3, -0.25) is 4.79 Å². The summed E-state index contributed by atoms with van der Waals surface area (Å²) in [5.41, 5.74) is 3.42. The van der Waals surface area contributed by atoms with Gasteiger partial charge in [-0.2, -0.15) is 0 Å². The fraction of sp³-hybridized carbons (Fsp3) is 0.533. The molecule has 0 saturated carbocycles. The van der Waals surface area contributed by atoms with E-state index in [0.29, 0.717) is 6.42 Å². The first kappa shape index (κ1) is 13.8. The second kappa shape index (κ2) is 5.35. The molecule has 17 heavy (non-hydrogen) atoms. The molecule has 1 aromatic carbocycles. The molecule has 0 radical (unpaired) electrons. The third kappa shape index (κ3) is 4.22. The van der Waals surface area contributed by atoms with Crippen molar-refractivity contribution in [3.8, 4) is 0 Å². The standard InChI is InChI=1S/C15H23NO/c1-6-15(4,5)16-14(17)10-13-8-7-11(2)9-12(13)3/h7-9H,6,10H2,1-5H3,(H,16,17). The summed E-state index contributed by atoms with van der Waals surface area (Å²) in [7, 11) is 0. The molecule has 1 amide bonds. The Morgan fingerprint density at radius 2 is 1.94 bits per heavy atom. The summed E-state index contributed by atoms with van der Waals surface area (Å²) in [5, 5.41) is 3.06. The Bertz CT molecular complexity index is 407. The van der Waals surface area contributed by atoms with E-state index in [0.717, 1.165) is 12.0 Å². The van der Waals surface area contributed by atoms with E-state index in [1.807, 2.05) is 19.9 Å². The van der Waals surface area contributed by atoms with Crippen molar-refractivity contribution in [2.45, 2.75) is 53.0 Å². The van der Waals surface area contributed by atoms with E-state index < -0.39 is 0 Å². The van der Waals surface area contributed by atoms with Crippen molar-refractivity contribution in [2.75, 3.05) is 0 Å². The number of amides is 1. The van der Waals surface area contributed by atoms with Crippen molar-refractivity contribution in [1.82, 2.24) is 5.32 Å². The summed E-state index contributed by atoms with van der Waals surface area (Å²) in [6, 6.07) is 6.22. The summed E-state index contributed by atoms with van der Waals surface area (Å²) in [5.74, 6) is 0.101. The predicted octanol–water partition coefficient (Wildman–Crippen LogP) is 3.15. The van der Waals surface area contributed by atoms with E-state index in [1.54, 1.807) is 0 Å². The average Bonchev–Trinajstić information content (AvgIpc) is 2.21. The molecule has 0 heterocycles. The minimum atomic E-state index is -0.115. The molecule has 1 rings (SSSR count). The normalized spacial score (nSPS) is 11.4. The van der Waals surface area contributed by atoms with Crippen LogP contribution in [-0.2, 0) is 11.2 Å². The van der Waals surface area contributed by atoms with Gasteiger partial charge in [0.25, 0.3) is 0 Å². The second-order valence-corrected chi connectivity index (χ2v) is 5.39. The number of rotatable bonds is 4. The van der Waals surface area contributed by atoms with Crippen molar-refractivity contribution in [1.29, 1.82) is 0 Å². The van der Waals surface area contributed by atoms with Crippen molar-refractivity contribution in [2.24, 2.45) is 0 Å². The van der Waals surface area contributed by atoms with Crippen LogP contribution in [-0.4, -0.2) is 11.4 Å². The lowest BCUT2D eigenvalue weighted by Gasteiger charge is -2.24. The Morgan fingerprint density at radius 1 is 1.29 bits per heavy atom. The molecule has 0 unspecified atom stereocenters. The Hall–Kier alpha value is -1.31. The maximum Gasteiger partial charge on any atom is 0.224 e. The fourth-order valence-electron chi connectivity index (χ4n) is 1.73. The average molecular weight is 233 g/mol. The van der Waals surface area contributed by atoms with E-state index in [1.165, 1.54) is 11.1 Å². The van der Waals surface area contributed by atoms with Gasteiger partial charge < -0.3 is 5.32 Å². The third-order valence-corrected chi connectivity index (χ3v) is 3.21. The molecule has 0 aliphatic heterocycles. The lowest BCUT2D eigenvalue weighted by atomic mass is 9.99. The van der Waals surface area contributed by atoms with Gasteiger partial charge in [0.1, 0.15) is 0 Å². The maximum atomic E-state index is 11.9. The Balaban J connectivity index is 2.69. The topological polar surface area (TPSA) is 29.1 Å². The van der Waals surface area contributed by atoms with Crippen molar-refractivity contribution >= 4 is 5.91 Å². The summed E-state index contributed by atoms with van der Waals surface area (Å²) in [6.07, 6.45) is 1.40. The van der Waals surface area contributed by atoms with Crippen LogP contribution < -0.4 is 5.32 Å². The van der Waals surface area contributed by atoms with Gasteiger partial charge in [0.15, 0.2) is 0 Å². The number of benzene rings is 1. The van der Waals surface area contributed by atoms with Crippen LogP contribution in [0.4, 0.5) is 0 Å². The van der Waals surface area contributed by atoms with Crippen molar-refractivity contribution < 1.29 is 4.79 Å². The second-order valence-electron chi connectivity index (χ2n) is 5.39. The summed E-state index contributed by atoms with van der Waals surface area (Å²) in [6.45, 7) is 10.3. The molecule has 2 nitrogen and oxygen atoms in total. The lowest BCUT2D eigenvalue weighted by molar-refractivity contribution is -0.122. The van der Waals surface area contributed by atoms with E-state index in [4.69, 9.17) is 0 Å². The van der Waals surface area contributed by atoms with Gasteiger partial charge in [0, 0.05) is 5.54 Å².